The Kier molecular flexibility index (Phi) is 8.86. The highest BCUT2D eigenvalue weighted by Crippen LogP contribution is 2.34. The molecule has 1 saturated heterocycles. The van der Waals surface area contributed by atoms with Crippen LogP contribution in [0.1, 0.15) is 72.6 Å². The summed E-state index contributed by atoms with van der Waals surface area (Å²) in [5.41, 5.74) is 3.84. The van der Waals surface area contributed by atoms with Crippen molar-refractivity contribution in [1.82, 2.24) is 15.2 Å². The van der Waals surface area contributed by atoms with E-state index in [1.807, 2.05) is 19.9 Å². The SMILES string of the molecule is CCN(c1cc(Cl)cc(C(=O)NCc2c(C)[nH]c(N3CCCC3)cc2=O)c1C)C1CCC(N(C)C)CC1. The number of rotatable bonds is 8. The van der Waals surface area contributed by atoms with Gasteiger partial charge in [0.2, 0.25) is 0 Å². The number of H-pyrrole nitrogens is 1. The monoisotopic (exact) mass is 527 g/mol. The molecule has 1 aliphatic carbocycles. The summed E-state index contributed by atoms with van der Waals surface area (Å²) >= 11 is 6.54. The molecule has 7 nitrogen and oxygen atoms in total. The molecule has 2 N–H and O–H groups in total. The van der Waals surface area contributed by atoms with Gasteiger partial charge in [-0.3, -0.25) is 9.59 Å². The van der Waals surface area contributed by atoms with Crippen LogP contribution in [-0.2, 0) is 6.54 Å². The van der Waals surface area contributed by atoms with E-state index in [1.165, 1.54) is 12.8 Å². The number of aromatic nitrogens is 1. The van der Waals surface area contributed by atoms with Gasteiger partial charge in [-0.15, -0.1) is 0 Å². The second-order valence-corrected chi connectivity index (χ2v) is 11.2. The molecule has 0 bridgehead atoms. The fourth-order valence-corrected chi connectivity index (χ4v) is 6.23. The van der Waals surface area contributed by atoms with Crippen molar-refractivity contribution < 1.29 is 4.79 Å². The maximum absolute atomic E-state index is 13.3. The summed E-state index contributed by atoms with van der Waals surface area (Å²) in [6.45, 7) is 9.03. The Labute approximate surface area is 226 Å². The molecule has 1 aromatic carbocycles. The summed E-state index contributed by atoms with van der Waals surface area (Å²) in [6.07, 6.45) is 6.88. The van der Waals surface area contributed by atoms with Crippen molar-refractivity contribution in [3.63, 3.8) is 0 Å². The minimum Gasteiger partial charge on any atom is -0.369 e. The molecule has 0 radical (unpaired) electrons. The number of aryl methyl sites for hydroxylation is 1. The highest BCUT2D eigenvalue weighted by Gasteiger charge is 2.28. The third kappa shape index (κ3) is 6.15. The van der Waals surface area contributed by atoms with Crippen LogP contribution in [0.3, 0.4) is 0 Å². The summed E-state index contributed by atoms with van der Waals surface area (Å²) in [5.74, 6) is 0.653. The lowest BCUT2D eigenvalue weighted by atomic mass is 9.89. The van der Waals surface area contributed by atoms with E-state index in [4.69, 9.17) is 11.6 Å². The molecule has 0 unspecified atom stereocenters. The topological polar surface area (TPSA) is 71.7 Å². The van der Waals surface area contributed by atoms with E-state index in [0.29, 0.717) is 28.2 Å². The fourth-order valence-electron chi connectivity index (χ4n) is 6.02. The molecule has 1 saturated carbocycles. The average Bonchev–Trinajstić information content (AvgIpc) is 3.41. The Bertz CT molecular complexity index is 1160. The number of carbonyl (C=O) groups excluding carboxylic acids is 1. The largest absolute Gasteiger partial charge is 0.369 e. The molecule has 1 aromatic heterocycles. The van der Waals surface area contributed by atoms with E-state index >= 15 is 0 Å². The number of anilines is 2. The van der Waals surface area contributed by atoms with Crippen molar-refractivity contribution in [2.45, 2.75) is 77.9 Å². The number of pyridine rings is 1. The summed E-state index contributed by atoms with van der Waals surface area (Å²) in [4.78, 5) is 36.5. The molecule has 1 amide bonds. The number of carbonyl (C=O) groups is 1. The standard InChI is InChI=1S/C29H42ClN5O2/c1-6-35(23-11-9-22(10-12-23)33(4)5)26-16-21(30)15-24(19(26)2)29(37)31-18-25-20(3)32-28(17-27(25)36)34-13-7-8-14-34/h15-17,22-23H,6-14,18H2,1-5H3,(H,31,37)(H,32,36). The van der Waals surface area contributed by atoms with Crippen LogP contribution in [0, 0.1) is 13.8 Å². The van der Waals surface area contributed by atoms with E-state index in [2.05, 4.69) is 46.0 Å². The number of aromatic amines is 1. The van der Waals surface area contributed by atoms with Gasteiger partial charge in [0.1, 0.15) is 5.82 Å². The lowest BCUT2D eigenvalue weighted by Gasteiger charge is -2.40. The number of hydrogen-bond acceptors (Lipinski definition) is 5. The quantitative estimate of drug-likeness (QED) is 0.512. The number of amides is 1. The van der Waals surface area contributed by atoms with Crippen LogP contribution in [0.5, 0.6) is 0 Å². The second-order valence-electron chi connectivity index (χ2n) is 10.8. The van der Waals surface area contributed by atoms with Crippen molar-refractivity contribution in [3.05, 3.63) is 55.8 Å². The van der Waals surface area contributed by atoms with Crippen molar-refractivity contribution in [1.29, 1.82) is 0 Å². The predicted molar refractivity (Wildman–Crippen MR) is 153 cm³/mol. The zero-order valence-corrected chi connectivity index (χ0v) is 23.7. The first-order valence-corrected chi connectivity index (χ1v) is 14.1. The predicted octanol–water partition coefficient (Wildman–Crippen LogP) is 4.87. The van der Waals surface area contributed by atoms with Gasteiger partial charge in [0.25, 0.3) is 5.91 Å². The van der Waals surface area contributed by atoms with E-state index < -0.39 is 0 Å². The van der Waals surface area contributed by atoms with Crippen LogP contribution >= 0.6 is 11.6 Å². The first-order valence-electron chi connectivity index (χ1n) is 13.7. The highest BCUT2D eigenvalue weighted by molar-refractivity contribution is 6.31. The fraction of sp³-hybridized carbons (Fsp3) is 0.586. The third-order valence-electron chi connectivity index (χ3n) is 8.28. The number of hydrogen-bond donors (Lipinski definition) is 2. The van der Waals surface area contributed by atoms with Gasteiger partial charge < -0.3 is 25.0 Å². The molecule has 8 heteroatoms. The first-order chi connectivity index (χ1) is 17.7. The minimum absolute atomic E-state index is 0.0487. The van der Waals surface area contributed by atoms with E-state index in [-0.39, 0.29) is 17.9 Å². The Hall–Kier alpha value is -2.51. The second kappa shape index (κ2) is 11.9. The normalized spacial score (nSPS) is 19.9. The van der Waals surface area contributed by atoms with Crippen LogP contribution in [0.2, 0.25) is 5.02 Å². The van der Waals surface area contributed by atoms with Gasteiger partial charge in [0, 0.05) is 71.9 Å². The molecule has 1 aliphatic heterocycles. The molecular formula is C29H42ClN5O2. The zero-order chi connectivity index (χ0) is 26.7. The van der Waals surface area contributed by atoms with Gasteiger partial charge in [-0.2, -0.15) is 0 Å². The van der Waals surface area contributed by atoms with Crippen LogP contribution in [0.4, 0.5) is 11.5 Å². The molecule has 202 valence electrons. The van der Waals surface area contributed by atoms with Gasteiger partial charge in [-0.25, -0.2) is 0 Å². The van der Waals surface area contributed by atoms with Gasteiger partial charge in [-0.05, 0) is 91.1 Å². The van der Waals surface area contributed by atoms with Crippen molar-refractivity contribution >= 4 is 29.0 Å². The maximum atomic E-state index is 13.3. The van der Waals surface area contributed by atoms with E-state index in [0.717, 1.165) is 68.1 Å². The van der Waals surface area contributed by atoms with Gasteiger partial charge in [0.05, 0.1) is 0 Å². The Morgan fingerprint density at radius 3 is 2.32 bits per heavy atom. The van der Waals surface area contributed by atoms with Crippen LogP contribution < -0.4 is 20.5 Å². The summed E-state index contributed by atoms with van der Waals surface area (Å²) in [5, 5.41) is 3.53. The van der Waals surface area contributed by atoms with Crippen molar-refractivity contribution in [2.24, 2.45) is 0 Å². The Morgan fingerprint density at radius 1 is 1.08 bits per heavy atom. The number of nitrogens with zero attached hydrogens (tertiary/aromatic N) is 3. The van der Waals surface area contributed by atoms with Crippen LogP contribution in [0.15, 0.2) is 23.0 Å². The zero-order valence-electron chi connectivity index (χ0n) is 23.0. The number of benzene rings is 1. The number of nitrogens with one attached hydrogen (secondary N) is 2. The van der Waals surface area contributed by atoms with Crippen LogP contribution in [0.25, 0.3) is 0 Å². The molecule has 2 aliphatic rings. The lowest BCUT2D eigenvalue weighted by molar-refractivity contribution is 0.0950. The van der Waals surface area contributed by atoms with Crippen molar-refractivity contribution in [3.8, 4) is 0 Å². The Morgan fingerprint density at radius 2 is 1.73 bits per heavy atom. The van der Waals surface area contributed by atoms with Gasteiger partial charge in [-0.1, -0.05) is 11.6 Å². The highest BCUT2D eigenvalue weighted by atomic mass is 35.5. The first kappa shape index (κ1) is 27.5. The molecule has 2 fully saturated rings. The summed E-state index contributed by atoms with van der Waals surface area (Å²) in [6, 6.07) is 6.45. The molecule has 0 atom stereocenters. The van der Waals surface area contributed by atoms with Gasteiger partial charge >= 0.3 is 0 Å². The lowest BCUT2D eigenvalue weighted by Crippen LogP contribution is -2.42. The molecular weight excluding hydrogens is 486 g/mol. The average molecular weight is 528 g/mol. The van der Waals surface area contributed by atoms with E-state index in [9.17, 15) is 9.59 Å². The minimum atomic E-state index is -0.212. The molecule has 2 aromatic rings. The molecule has 0 spiro atoms. The van der Waals surface area contributed by atoms with Crippen LogP contribution in [-0.4, -0.2) is 61.6 Å². The van der Waals surface area contributed by atoms with E-state index in [1.54, 1.807) is 12.1 Å². The molecule has 2 heterocycles. The smallest absolute Gasteiger partial charge is 0.251 e. The van der Waals surface area contributed by atoms with Crippen molar-refractivity contribution in [2.75, 3.05) is 43.5 Å². The molecule has 37 heavy (non-hydrogen) atoms. The summed E-state index contributed by atoms with van der Waals surface area (Å²) < 4.78 is 0. The number of halogens is 1. The third-order valence-corrected chi connectivity index (χ3v) is 8.50. The molecule has 4 rings (SSSR count). The summed E-state index contributed by atoms with van der Waals surface area (Å²) in [7, 11) is 4.32. The maximum Gasteiger partial charge on any atom is 0.251 e. The Balaban J connectivity index is 1.50. The van der Waals surface area contributed by atoms with Gasteiger partial charge in [0.15, 0.2) is 5.43 Å².